The molecule has 0 saturated carbocycles. The summed E-state index contributed by atoms with van der Waals surface area (Å²) in [6, 6.07) is 5.33. The topological polar surface area (TPSA) is 98.9 Å². The van der Waals surface area contributed by atoms with Crippen LogP contribution in [0.15, 0.2) is 24.4 Å². The minimum Gasteiger partial charge on any atom is -0.374 e. The molecule has 0 aromatic carbocycles. The minimum absolute atomic E-state index is 0.0187. The fraction of sp³-hybridized carbons (Fsp3) is 0.462. The molecule has 1 atom stereocenters. The zero-order valence-corrected chi connectivity index (χ0v) is 11.5. The molecule has 0 amide bonds. The van der Waals surface area contributed by atoms with Gasteiger partial charge in [-0.25, -0.2) is 4.98 Å². The maximum atomic E-state index is 11.3. The number of rotatable bonds is 4. The van der Waals surface area contributed by atoms with Crippen LogP contribution in [0.2, 0.25) is 0 Å². The molecule has 3 heterocycles. The highest BCUT2D eigenvalue weighted by Crippen LogP contribution is 2.22. The van der Waals surface area contributed by atoms with Crippen molar-refractivity contribution >= 4 is 11.5 Å². The van der Waals surface area contributed by atoms with E-state index < -0.39 is 0 Å². The van der Waals surface area contributed by atoms with Crippen molar-refractivity contribution in [2.45, 2.75) is 12.6 Å². The Bertz CT molecular complexity index is 656. The van der Waals surface area contributed by atoms with Gasteiger partial charge in [0.15, 0.2) is 5.69 Å². The molecule has 0 radical (unpaired) electrons. The van der Waals surface area contributed by atoms with Gasteiger partial charge < -0.3 is 20.6 Å². The Morgan fingerprint density at radius 3 is 3.14 bits per heavy atom. The molecule has 1 unspecified atom stereocenters. The number of hydrogen-bond acceptors (Lipinski definition) is 6. The van der Waals surface area contributed by atoms with Gasteiger partial charge in [-0.15, -0.1) is 0 Å². The SMILES string of the molecule is NCC1CN(Cc2nc3ccccn3c2[N+](=O)[O-])CCO1. The highest BCUT2D eigenvalue weighted by atomic mass is 16.6. The van der Waals surface area contributed by atoms with Crippen LogP contribution in [0, 0.1) is 10.1 Å². The Morgan fingerprint density at radius 2 is 2.38 bits per heavy atom. The third kappa shape index (κ3) is 2.73. The van der Waals surface area contributed by atoms with Crippen LogP contribution in [0.4, 0.5) is 5.82 Å². The summed E-state index contributed by atoms with van der Waals surface area (Å²) in [5.74, 6) is 0.0291. The van der Waals surface area contributed by atoms with Gasteiger partial charge in [0, 0.05) is 32.2 Å². The van der Waals surface area contributed by atoms with Gasteiger partial charge in [0.05, 0.1) is 18.9 Å². The number of fused-ring (bicyclic) bond motifs is 1. The maximum Gasteiger partial charge on any atom is 0.352 e. The first-order valence-corrected chi connectivity index (χ1v) is 6.83. The molecular formula is C13H17N5O3. The smallest absolute Gasteiger partial charge is 0.352 e. The van der Waals surface area contributed by atoms with Crippen molar-refractivity contribution in [3.05, 3.63) is 40.2 Å². The lowest BCUT2D eigenvalue weighted by Crippen LogP contribution is -2.45. The Morgan fingerprint density at radius 1 is 1.52 bits per heavy atom. The third-order valence-corrected chi connectivity index (χ3v) is 3.61. The first-order valence-electron chi connectivity index (χ1n) is 6.83. The molecule has 21 heavy (non-hydrogen) atoms. The normalized spacial score (nSPS) is 20.0. The van der Waals surface area contributed by atoms with Crippen LogP contribution in [0.1, 0.15) is 5.69 Å². The van der Waals surface area contributed by atoms with Crippen molar-refractivity contribution < 1.29 is 9.66 Å². The van der Waals surface area contributed by atoms with Crippen LogP contribution in [-0.2, 0) is 11.3 Å². The van der Waals surface area contributed by atoms with Gasteiger partial charge in [0.1, 0.15) is 0 Å². The van der Waals surface area contributed by atoms with Crippen LogP contribution < -0.4 is 5.73 Å². The average molecular weight is 291 g/mol. The Balaban J connectivity index is 1.89. The summed E-state index contributed by atoms with van der Waals surface area (Å²) in [4.78, 5) is 17.4. The average Bonchev–Trinajstić information content (AvgIpc) is 2.85. The van der Waals surface area contributed by atoms with E-state index in [0.29, 0.717) is 37.6 Å². The van der Waals surface area contributed by atoms with Gasteiger partial charge in [0.25, 0.3) is 0 Å². The predicted octanol–water partition coefficient (Wildman–Crippen LogP) is 0.402. The number of ether oxygens (including phenoxy) is 1. The van der Waals surface area contributed by atoms with E-state index in [2.05, 4.69) is 9.88 Å². The summed E-state index contributed by atoms with van der Waals surface area (Å²) >= 11 is 0. The quantitative estimate of drug-likeness (QED) is 0.646. The molecule has 112 valence electrons. The van der Waals surface area contributed by atoms with Gasteiger partial charge in [-0.2, -0.15) is 4.40 Å². The van der Waals surface area contributed by atoms with Crippen LogP contribution in [0.3, 0.4) is 0 Å². The maximum absolute atomic E-state index is 11.3. The molecule has 2 N–H and O–H groups in total. The predicted molar refractivity (Wildman–Crippen MR) is 75.9 cm³/mol. The monoisotopic (exact) mass is 291 g/mol. The highest BCUT2D eigenvalue weighted by Gasteiger charge is 2.26. The molecular weight excluding hydrogens is 274 g/mol. The van der Waals surface area contributed by atoms with Gasteiger partial charge in [-0.05, 0) is 11.0 Å². The number of nitro groups is 1. The molecule has 1 aliphatic rings. The minimum atomic E-state index is -0.379. The van der Waals surface area contributed by atoms with E-state index in [9.17, 15) is 10.1 Å². The second-order valence-electron chi connectivity index (χ2n) is 5.03. The molecule has 0 bridgehead atoms. The molecule has 8 nitrogen and oxygen atoms in total. The lowest BCUT2D eigenvalue weighted by molar-refractivity contribution is -0.391. The molecule has 2 aromatic heterocycles. The van der Waals surface area contributed by atoms with E-state index in [0.717, 1.165) is 6.54 Å². The number of pyridine rings is 1. The van der Waals surface area contributed by atoms with Crippen molar-refractivity contribution in [2.24, 2.45) is 5.73 Å². The third-order valence-electron chi connectivity index (χ3n) is 3.61. The van der Waals surface area contributed by atoms with E-state index in [1.165, 1.54) is 4.40 Å². The van der Waals surface area contributed by atoms with Crippen molar-refractivity contribution in [1.82, 2.24) is 14.3 Å². The Kier molecular flexibility index (Phi) is 3.82. The molecule has 8 heteroatoms. The number of imidazole rings is 1. The summed E-state index contributed by atoms with van der Waals surface area (Å²) < 4.78 is 7.02. The summed E-state index contributed by atoms with van der Waals surface area (Å²) in [5, 5.41) is 11.3. The van der Waals surface area contributed by atoms with Crippen LogP contribution in [-0.4, -0.2) is 51.6 Å². The van der Waals surface area contributed by atoms with E-state index in [4.69, 9.17) is 10.5 Å². The lowest BCUT2D eigenvalue weighted by Gasteiger charge is -2.31. The van der Waals surface area contributed by atoms with Crippen molar-refractivity contribution in [1.29, 1.82) is 0 Å². The molecule has 2 aromatic rings. The summed E-state index contributed by atoms with van der Waals surface area (Å²) in [6.07, 6.45) is 1.64. The van der Waals surface area contributed by atoms with Gasteiger partial charge >= 0.3 is 5.82 Å². The van der Waals surface area contributed by atoms with Gasteiger partial charge in [-0.3, -0.25) is 4.90 Å². The molecule has 1 fully saturated rings. The molecule has 0 spiro atoms. The molecule has 1 saturated heterocycles. The number of hydrogen-bond donors (Lipinski definition) is 1. The fourth-order valence-electron chi connectivity index (χ4n) is 2.61. The first-order chi connectivity index (χ1) is 10.2. The van der Waals surface area contributed by atoms with E-state index in [1.807, 2.05) is 6.07 Å². The summed E-state index contributed by atoms with van der Waals surface area (Å²) in [6.45, 7) is 2.85. The Hall–Kier alpha value is -2.03. The van der Waals surface area contributed by atoms with Crippen molar-refractivity contribution in [3.63, 3.8) is 0 Å². The second kappa shape index (κ2) is 5.76. The summed E-state index contributed by atoms with van der Waals surface area (Å²) in [5.41, 5.74) is 6.68. The lowest BCUT2D eigenvalue weighted by atomic mass is 10.2. The van der Waals surface area contributed by atoms with E-state index in [1.54, 1.807) is 18.3 Å². The number of morpholine rings is 1. The van der Waals surface area contributed by atoms with Crippen molar-refractivity contribution in [2.75, 3.05) is 26.2 Å². The highest BCUT2D eigenvalue weighted by molar-refractivity contribution is 5.48. The standard InChI is InChI=1S/C13H17N5O3/c14-7-10-8-16(5-6-21-10)9-11-13(18(19)20)17-4-2-1-3-12(17)15-11/h1-4,10H,5-9,14H2. The molecule has 3 rings (SSSR count). The van der Waals surface area contributed by atoms with Gasteiger partial charge in [-0.1, -0.05) is 6.07 Å². The molecule has 0 aliphatic carbocycles. The zero-order chi connectivity index (χ0) is 14.8. The van der Waals surface area contributed by atoms with Crippen molar-refractivity contribution in [3.8, 4) is 0 Å². The van der Waals surface area contributed by atoms with E-state index >= 15 is 0 Å². The number of aromatic nitrogens is 2. The first kappa shape index (κ1) is 13.9. The summed E-state index contributed by atoms with van der Waals surface area (Å²) in [7, 11) is 0. The molecule has 1 aliphatic heterocycles. The number of nitrogens with zero attached hydrogens (tertiary/aromatic N) is 4. The Labute approximate surface area is 121 Å². The van der Waals surface area contributed by atoms with Crippen LogP contribution >= 0.6 is 0 Å². The fourth-order valence-corrected chi connectivity index (χ4v) is 2.61. The van der Waals surface area contributed by atoms with Crippen LogP contribution in [0.5, 0.6) is 0 Å². The van der Waals surface area contributed by atoms with E-state index in [-0.39, 0.29) is 16.8 Å². The zero-order valence-electron chi connectivity index (χ0n) is 11.5. The number of nitrogens with two attached hydrogens (primary N) is 1. The second-order valence-corrected chi connectivity index (χ2v) is 5.03. The van der Waals surface area contributed by atoms with Crippen LogP contribution in [0.25, 0.3) is 5.65 Å². The largest absolute Gasteiger partial charge is 0.374 e. The van der Waals surface area contributed by atoms with Gasteiger partial charge in [0.2, 0.25) is 5.65 Å².